The van der Waals surface area contributed by atoms with Crippen molar-refractivity contribution in [2.75, 3.05) is 27.2 Å². The summed E-state index contributed by atoms with van der Waals surface area (Å²) in [5.74, 6) is -1.86. The number of aryl methyl sites for hydroxylation is 2. The summed E-state index contributed by atoms with van der Waals surface area (Å²) in [5, 5.41) is 0. The van der Waals surface area contributed by atoms with Crippen LogP contribution in [0.3, 0.4) is 0 Å². The van der Waals surface area contributed by atoms with Crippen molar-refractivity contribution in [3.8, 4) is 0 Å². The monoisotopic (exact) mass is 442 g/mol. The maximum Gasteiger partial charge on any atom is 0.294 e. The summed E-state index contributed by atoms with van der Waals surface area (Å²) in [4.78, 5) is 47.1. The lowest BCUT2D eigenvalue weighted by atomic mass is 10.00. The minimum Gasteiger partial charge on any atom is -0.361 e. The predicted molar refractivity (Wildman–Crippen MR) is 120 cm³/mol. The first kappa shape index (κ1) is 23.7. The number of carbonyl (C=O) groups is 3. The fraction of sp³-hybridized carbons (Fsp3) is 0.458. The van der Waals surface area contributed by atoms with Crippen LogP contribution in [0.1, 0.15) is 51.5 Å². The first-order valence-electron chi connectivity index (χ1n) is 10.8. The predicted octanol–water partition coefficient (Wildman–Crippen LogP) is 2.78. The molecule has 1 aromatic carbocycles. The number of halogens is 1. The van der Waals surface area contributed by atoms with Crippen molar-refractivity contribution >= 4 is 17.6 Å². The average molecular weight is 443 g/mol. The number of rotatable bonds is 5. The Hall–Kier alpha value is -3.00. The summed E-state index contributed by atoms with van der Waals surface area (Å²) >= 11 is 0. The normalized spacial score (nSPS) is 19.2. The zero-order valence-electron chi connectivity index (χ0n) is 19.5. The van der Waals surface area contributed by atoms with Crippen LogP contribution in [0.2, 0.25) is 0 Å². The van der Waals surface area contributed by atoms with Gasteiger partial charge in [-0.3, -0.25) is 19.3 Å². The van der Waals surface area contributed by atoms with Crippen LogP contribution in [0.4, 0.5) is 4.39 Å². The van der Waals surface area contributed by atoms with Gasteiger partial charge >= 0.3 is 0 Å². The van der Waals surface area contributed by atoms with Crippen LogP contribution < -0.4 is 0 Å². The highest BCUT2D eigenvalue weighted by molar-refractivity contribution is 6.44. The molecule has 7 nitrogen and oxygen atoms in total. The number of benzene rings is 1. The topological polar surface area (TPSA) is 76.7 Å². The first-order chi connectivity index (χ1) is 15.0. The highest BCUT2D eigenvalue weighted by Crippen LogP contribution is 2.26. The van der Waals surface area contributed by atoms with E-state index in [4.69, 9.17) is 0 Å². The minimum absolute atomic E-state index is 0.0723. The third kappa shape index (κ3) is 4.60. The van der Waals surface area contributed by atoms with E-state index >= 15 is 0 Å². The number of aromatic nitrogens is 1. The number of nitrogens with one attached hydrogen (secondary N) is 1. The van der Waals surface area contributed by atoms with Gasteiger partial charge in [-0.25, -0.2) is 4.39 Å². The Morgan fingerprint density at radius 3 is 2.19 bits per heavy atom. The molecule has 0 bridgehead atoms. The molecule has 32 heavy (non-hydrogen) atoms. The second-order valence-corrected chi connectivity index (χ2v) is 8.87. The molecule has 2 atom stereocenters. The number of aromatic amines is 1. The summed E-state index contributed by atoms with van der Waals surface area (Å²) in [6.07, 6.45) is 0. The third-order valence-electron chi connectivity index (χ3n) is 6.09. The zero-order valence-corrected chi connectivity index (χ0v) is 19.5. The lowest BCUT2D eigenvalue weighted by Gasteiger charge is -2.44. The number of piperazine rings is 1. The van der Waals surface area contributed by atoms with Gasteiger partial charge in [-0.05, 0) is 45.4 Å². The Balaban J connectivity index is 1.83. The molecule has 1 aromatic heterocycles. The van der Waals surface area contributed by atoms with Gasteiger partial charge in [0.05, 0.1) is 11.1 Å². The van der Waals surface area contributed by atoms with Crippen LogP contribution in [0.25, 0.3) is 0 Å². The smallest absolute Gasteiger partial charge is 0.294 e. The number of carbonyl (C=O) groups excluding carboxylic acids is 3. The molecular weight excluding hydrogens is 411 g/mol. The van der Waals surface area contributed by atoms with Gasteiger partial charge in [0.25, 0.3) is 17.6 Å². The molecule has 0 aliphatic carbocycles. The Labute approximate surface area is 188 Å². The molecule has 1 aliphatic rings. The summed E-state index contributed by atoms with van der Waals surface area (Å²) in [5.41, 5.74) is 2.53. The van der Waals surface area contributed by atoms with E-state index in [2.05, 4.69) is 9.88 Å². The molecule has 1 aliphatic heterocycles. The molecule has 0 unspecified atom stereocenters. The van der Waals surface area contributed by atoms with Crippen LogP contribution >= 0.6 is 0 Å². The number of Topliss-reactive ketones (excluding diaryl/α,β-unsaturated/α-hetero) is 1. The molecule has 0 saturated carbocycles. The molecule has 3 rings (SSSR count). The molecule has 1 N–H and O–H groups in total. The van der Waals surface area contributed by atoms with Crippen molar-refractivity contribution in [1.82, 2.24) is 19.7 Å². The summed E-state index contributed by atoms with van der Waals surface area (Å²) < 4.78 is 13.2. The van der Waals surface area contributed by atoms with E-state index in [-0.39, 0.29) is 34.9 Å². The van der Waals surface area contributed by atoms with E-state index in [1.54, 1.807) is 30.9 Å². The zero-order chi connectivity index (χ0) is 23.7. The van der Waals surface area contributed by atoms with Crippen molar-refractivity contribution in [2.24, 2.45) is 0 Å². The fourth-order valence-electron chi connectivity index (χ4n) is 4.31. The molecule has 1 fully saturated rings. The van der Waals surface area contributed by atoms with Gasteiger partial charge in [0.15, 0.2) is 0 Å². The van der Waals surface area contributed by atoms with Crippen molar-refractivity contribution in [2.45, 2.75) is 46.3 Å². The quantitative estimate of drug-likeness (QED) is 0.571. The van der Waals surface area contributed by atoms with Crippen molar-refractivity contribution in [3.63, 3.8) is 0 Å². The van der Waals surface area contributed by atoms with E-state index in [9.17, 15) is 18.8 Å². The number of ketones is 1. The molecule has 0 spiro atoms. The van der Waals surface area contributed by atoms with E-state index in [0.29, 0.717) is 31.0 Å². The molecule has 0 radical (unpaired) electrons. The largest absolute Gasteiger partial charge is 0.361 e. The van der Waals surface area contributed by atoms with Gasteiger partial charge < -0.3 is 14.8 Å². The number of hydrogen-bond donors (Lipinski definition) is 1. The number of amides is 2. The van der Waals surface area contributed by atoms with Crippen LogP contribution in [0.5, 0.6) is 0 Å². The van der Waals surface area contributed by atoms with Crippen LogP contribution in [0.15, 0.2) is 24.3 Å². The highest BCUT2D eigenvalue weighted by Gasteiger charge is 2.36. The van der Waals surface area contributed by atoms with Crippen LogP contribution in [0, 0.1) is 19.7 Å². The Bertz CT molecular complexity index is 1030. The first-order valence-corrected chi connectivity index (χ1v) is 10.8. The van der Waals surface area contributed by atoms with E-state index < -0.39 is 11.7 Å². The molecule has 2 amide bonds. The molecule has 1 saturated heterocycles. The van der Waals surface area contributed by atoms with Gasteiger partial charge in [-0.15, -0.1) is 0 Å². The fourth-order valence-corrected chi connectivity index (χ4v) is 4.31. The van der Waals surface area contributed by atoms with E-state index in [1.165, 1.54) is 31.1 Å². The van der Waals surface area contributed by atoms with Crippen molar-refractivity contribution in [1.29, 1.82) is 0 Å². The number of hydrogen-bond acceptors (Lipinski definition) is 4. The van der Waals surface area contributed by atoms with Crippen LogP contribution in [-0.4, -0.2) is 76.5 Å². The number of H-pyrrole nitrogens is 1. The lowest BCUT2D eigenvalue weighted by Crippen LogP contribution is -2.57. The standard InChI is InChI=1S/C24H31FN4O3/c1-14-12-29(15(2)11-28(14)13-18-7-9-19(25)10-8-18)23(31)21-17(4)26-16(3)20(21)22(30)24(32)27(5)6/h7-10,14-15,26H,11-13H2,1-6H3/t14-,15+/m1/s1. The summed E-state index contributed by atoms with van der Waals surface area (Å²) in [6.45, 7) is 9.27. The van der Waals surface area contributed by atoms with Gasteiger partial charge in [-0.1, -0.05) is 12.1 Å². The molecule has 2 aromatic rings. The van der Waals surface area contributed by atoms with Crippen LogP contribution in [-0.2, 0) is 11.3 Å². The van der Waals surface area contributed by atoms with Crippen molar-refractivity contribution in [3.05, 3.63) is 58.2 Å². The average Bonchev–Trinajstić information content (AvgIpc) is 3.03. The minimum atomic E-state index is -0.684. The maximum absolute atomic E-state index is 13.6. The Morgan fingerprint density at radius 2 is 1.59 bits per heavy atom. The molecule has 172 valence electrons. The van der Waals surface area contributed by atoms with E-state index in [1.807, 2.05) is 13.8 Å². The highest BCUT2D eigenvalue weighted by atomic mass is 19.1. The van der Waals surface area contributed by atoms with Gasteiger partial charge in [0.1, 0.15) is 5.82 Å². The summed E-state index contributed by atoms with van der Waals surface area (Å²) in [7, 11) is 3.03. The van der Waals surface area contributed by atoms with Gasteiger partial charge in [0, 0.05) is 57.2 Å². The third-order valence-corrected chi connectivity index (χ3v) is 6.09. The Morgan fingerprint density at radius 1 is 1.00 bits per heavy atom. The SMILES string of the molecule is Cc1[nH]c(C)c(C(=O)N2C[C@@H](C)N(Cc3ccc(F)cc3)C[C@@H]2C)c1C(=O)C(=O)N(C)C. The molecule has 8 heteroatoms. The lowest BCUT2D eigenvalue weighted by molar-refractivity contribution is -0.124. The van der Waals surface area contributed by atoms with Gasteiger partial charge in [-0.2, -0.15) is 0 Å². The van der Waals surface area contributed by atoms with E-state index in [0.717, 1.165) is 5.56 Å². The Kier molecular flexibility index (Phi) is 6.83. The molecule has 2 heterocycles. The second kappa shape index (κ2) is 9.24. The number of nitrogens with zero attached hydrogens (tertiary/aromatic N) is 3. The number of likely N-dealkylation sites (N-methyl/N-ethyl adjacent to an activating group) is 1. The maximum atomic E-state index is 13.6. The summed E-state index contributed by atoms with van der Waals surface area (Å²) in [6, 6.07) is 6.43. The van der Waals surface area contributed by atoms with Crippen molar-refractivity contribution < 1.29 is 18.8 Å². The van der Waals surface area contributed by atoms with Gasteiger partial charge in [0.2, 0.25) is 0 Å². The molecular formula is C24H31FN4O3. The second-order valence-electron chi connectivity index (χ2n) is 8.87.